The molecule has 0 radical (unpaired) electrons. The monoisotopic (exact) mass is 369 g/mol. The summed E-state index contributed by atoms with van der Waals surface area (Å²) in [4.78, 5) is 4.55. The number of benzene rings is 2. The van der Waals surface area contributed by atoms with Crippen molar-refractivity contribution in [2.75, 3.05) is 4.67 Å². The number of thiazole rings is 1. The maximum atomic E-state index is 13.5. The molecule has 0 aliphatic carbocycles. The highest BCUT2D eigenvalue weighted by atomic mass is 32.1. The number of nitrogens with zero attached hydrogens (tertiary/aromatic N) is 2. The zero-order valence-corrected chi connectivity index (χ0v) is 16.4. The van der Waals surface area contributed by atoms with E-state index < -0.39 is 7.95 Å². The molecular weight excluding hydrogens is 347 g/mol. The first kappa shape index (κ1) is 17.8. The summed E-state index contributed by atoms with van der Waals surface area (Å²) in [6.07, 6.45) is 1.81. The van der Waals surface area contributed by atoms with Crippen molar-refractivity contribution in [3.05, 3.63) is 82.8 Å². The van der Waals surface area contributed by atoms with Crippen LogP contribution in [0.15, 0.2) is 72.2 Å². The lowest BCUT2D eigenvalue weighted by molar-refractivity contribution is 0.557. The van der Waals surface area contributed by atoms with Gasteiger partial charge < -0.3 is 0 Å². The van der Waals surface area contributed by atoms with E-state index in [4.69, 9.17) is 0 Å². The summed E-state index contributed by atoms with van der Waals surface area (Å²) in [5, 5.41) is 2.57. The van der Waals surface area contributed by atoms with Gasteiger partial charge >= 0.3 is 7.95 Å². The van der Waals surface area contributed by atoms with Crippen molar-refractivity contribution in [2.24, 2.45) is 0 Å². The van der Waals surface area contributed by atoms with Crippen LogP contribution in [-0.2, 0) is 4.57 Å². The molecule has 0 aliphatic rings. The summed E-state index contributed by atoms with van der Waals surface area (Å²) in [6.45, 7) is 6.06. The zero-order valence-electron chi connectivity index (χ0n) is 14.7. The van der Waals surface area contributed by atoms with Crippen LogP contribution in [0.1, 0.15) is 37.4 Å². The molecule has 3 nitrogen and oxygen atoms in total. The van der Waals surface area contributed by atoms with Gasteiger partial charge in [0.25, 0.3) is 0 Å². The Balaban J connectivity index is 2.18. The van der Waals surface area contributed by atoms with Gasteiger partial charge in [0.1, 0.15) is 5.01 Å². The van der Waals surface area contributed by atoms with Crippen molar-refractivity contribution < 1.29 is 4.57 Å². The summed E-state index contributed by atoms with van der Waals surface area (Å²) in [6, 6.07) is 20.0. The van der Waals surface area contributed by atoms with Crippen LogP contribution >= 0.6 is 19.3 Å². The molecule has 0 fully saturated rings. The van der Waals surface area contributed by atoms with Gasteiger partial charge in [-0.2, -0.15) is 4.67 Å². The van der Waals surface area contributed by atoms with Gasteiger partial charge in [-0.1, -0.05) is 48.5 Å². The van der Waals surface area contributed by atoms with Crippen LogP contribution in [-0.4, -0.2) is 10.1 Å². The van der Waals surface area contributed by atoms with Crippen molar-refractivity contribution in [1.29, 1.82) is 0 Å². The number of aromatic nitrogens is 1. The molecule has 25 heavy (non-hydrogen) atoms. The first-order valence-corrected chi connectivity index (χ1v) is 10.3. The first-order valence-electron chi connectivity index (χ1n) is 8.24. The molecule has 0 saturated carbocycles. The third-order valence-electron chi connectivity index (χ3n) is 3.84. The zero-order chi connectivity index (χ0) is 17.9. The van der Waals surface area contributed by atoms with Gasteiger partial charge in [-0.25, -0.2) is 4.98 Å². The lowest BCUT2D eigenvalue weighted by Gasteiger charge is -2.26. The summed E-state index contributed by atoms with van der Waals surface area (Å²) < 4.78 is 15.6. The van der Waals surface area contributed by atoms with E-state index in [-0.39, 0.29) is 11.2 Å². The Bertz CT molecular complexity index is 814. The molecule has 3 rings (SSSR count). The average Bonchev–Trinajstić information content (AvgIpc) is 3.14. The quantitative estimate of drug-likeness (QED) is 0.496. The Morgan fingerprint density at radius 2 is 1.60 bits per heavy atom. The van der Waals surface area contributed by atoms with Crippen LogP contribution < -0.4 is 4.67 Å². The van der Waals surface area contributed by atoms with Crippen molar-refractivity contribution in [2.45, 2.75) is 32.0 Å². The van der Waals surface area contributed by atoms with Crippen LogP contribution in [0.5, 0.6) is 0 Å². The summed E-state index contributed by atoms with van der Waals surface area (Å²) in [5.74, 6) is 0. The third-order valence-corrected chi connectivity index (χ3v) is 6.66. The summed E-state index contributed by atoms with van der Waals surface area (Å²) in [7, 11) is -1.68. The van der Waals surface area contributed by atoms with E-state index >= 15 is 0 Å². The van der Waals surface area contributed by atoms with E-state index in [1.54, 1.807) is 11.3 Å². The van der Waals surface area contributed by atoms with Gasteiger partial charge in [0, 0.05) is 11.6 Å². The number of hydrogen-bond donors (Lipinski definition) is 0. The minimum Gasteiger partial charge on any atom is -0.247 e. The molecule has 2 atom stereocenters. The van der Waals surface area contributed by atoms with Gasteiger partial charge in [0.15, 0.2) is 11.2 Å². The molecular formula is C20H22N2OPS+. The highest BCUT2D eigenvalue weighted by Gasteiger charge is 2.46. The molecule has 0 bridgehead atoms. The van der Waals surface area contributed by atoms with E-state index in [2.05, 4.69) is 17.1 Å². The standard InChI is InChI=1S/C20H22N2OPS/c1-20(2,3)24(23)22(17-12-8-5-9-13-17)18(19-21-14-15-25-19)16-10-6-4-7-11-16/h4-15,18H,1-3H3/q+1. The smallest absolute Gasteiger partial charge is 0.247 e. The largest absolute Gasteiger partial charge is 0.468 e. The second-order valence-corrected chi connectivity index (χ2v) is 10.1. The number of para-hydroxylation sites is 1. The summed E-state index contributed by atoms with van der Waals surface area (Å²) >= 11 is 1.60. The molecule has 0 saturated heterocycles. The Hall–Kier alpha value is -2.03. The molecule has 128 valence electrons. The fraction of sp³-hybridized carbons (Fsp3) is 0.250. The predicted octanol–water partition coefficient (Wildman–Crippen LogP) is 6.28. The lowest BCUT2D eigenvalue weighted by atomic mass is 10.1. The number of anilines is 1. The molecule has 5 heteroatoms. The van der Waals surface area contributed by atoms with Crippen LogP contribution in [0.2, 0.25) is 0 Å². The van der Waals surface area contributed by atoms with Crippen molar-refractivity contribution in [3.8, 4) is 0 Å². The maximum Gasteiger partial charge on any atom is 0.468 e. The Morgan fingerprint density at radius 1 is 1.00 bits per heavy atom. The van der Waals surface area contributed by atoms with Crippen LogP contribution in [0.3, 0.4) is 0 Å². The third kappa shape index (κ3) is 3.97. The minimum absolute atomic E-state index is 0.175. The van der Waals surface area contributed by atoms with Crippen LogP contribution in [0.4, 0.5) is 5.69 Å². The van der Waals surface area contributed by atoms with E-state index in [0.717, 1.165) is 16.3 Å². The Labute approximate surface area is 154 Å². The second-order valence-electron chi connectivity index (χ2n) is 6.81. The number of rotatable bonds is 5. The number of hydrogen-bond acceptors (Lipinski definition) is 3. The maximum absolute atomic E-state index is 13.5. The Morgan fingerprint density at radius 3 is 2.12 bits per heavy atom. The highest BCUT2D eigenvalue weighted by molar-refractivity contribution is 7.48. The van der Waals surface area contributed by atoms with Crippen molar-refractivity contribution >= 4 is 25.0 Å². The molecule has 3 aromatic rings. The van der Waals surface area contributed by atoms with E-state index in [9.17, 15) is 4.57 Å². The predicted molar refractivity (Wildman–Crippen MR) is 107 cm³/mol. The minimum atomic E-state index is -1.68. The molecule has 1 heterocycles. The average molecular weight is 369 g/mol. The van der Waals surface area contributed by atoms with Crippen molar-refractivity contribution in [1.82, 2.24) is 4.98 Å². The molecule has 0 spiro atoms. The van der Waals surface area contributed by atoms with E-state index in [1.807, 2.05) is 85.5 Å². The molecule has 0 amide bonds. The van der Waals surface area contributed by atoms with Gasteiger partial charge in [0.2, 0.25) is 0 Å². The first-order chi connectivity index (χ1) is 12.0. The fourth-order valence-electron chi connectivity index (χ4n) is 2.66. The topological polar surface area (TPSA) is 33.2 Å². The van der Waals surface area contributed by atoms with Gasteiger partial charge in [-0.15, -0.1) is 11.3 Å². The fourth-order valence-corrected chi connectivity index (χ4v) is 4.93. The Kier molecular flexibility index (Phi) is 5.31. The molecule has 2 aromatic carbocycles. The molecule has 0 N–H and O–H groups in total. The normalized spacial score (nSPS) is 13.3. The second kappa shape index (κ2) is 7.47. The van der Waals surface area contributed by atoms with Gasteiger partial charge in [-0.3, -0.25) is 0 Å². The van der Waals surface area contributed by atoms with Gasteiger partial charge in [-0.05, 0) is 43.0 Å². The van der Waals surface area contributed by atoms with Crippen LogP contribution in [0, 0.1) is 0 Å². The SMILES string of the molecule is CC(C)(C)[P+](=O)N(c1ccccc1)C(c1ccccc1)c1nccs1. The highest BCUT2D eigenvalue weighted by Crippen LogP contribution is 2.51. The molecule has 2 unspecified atom stereocenters. The molecule has 1 aromatic heterocycles. The summed E-state index contributed by atoms with van der Waals surface area (Å²) in [5.41, 5.74) is 2.04. The van der Waals surface area contributed by atoms with Gasteiger partial charge in [0.05, 0.1) is 5.69 Å². The van der Waals surface area contributed by atoms with Crippen molar-refractivity contribution in [3.63, 3.8) is 0 Å². The van der Waals surface area contributed by atoms with E-state index in [1.165, 1.54) is 0 Å². The molecule has 0 aliphatic heterocycles. The lowest BCUT2D eigenvalue weighted by Crippen LogP contribution is -2.28. The van der Waals surface area contributed by atoms with E-state index in [0.29, 0.717) is 0 Å². The van der Waals surface area contributed by atoms with Crippen LogP contribution in [0.25, 0.3) is 0 Å².